The third-order valence-electron chi connectivity index (χ3n) is 6.29. The van der Waals surface area contributed by atoms with Crippen molar-refractivity contribution in [2.24, 2.45) is 0 Å². The maximum atomic E-state index is 12.8. The van der Waals surface area contributed by atoms with Crippen LogP contribution in [0.2, 0.25) is 0 Å². The van der Waals surface area contributed by atoms with Crippen LogP contribution in [-0.2, 0) is 29.4 Å². The van der Waals surface area contributed by atoms with E-state index in [0.29, 0.717) is 43.2 Å². The Morgan fingerprint density at radius 3 is 2.40 bits per heavy atom. The number of sulfonamides is 1. The summed E-state index contributed by atoms with van der Waals surface area (Å²) >= 11 is 0. The Balaban J connectivity index is 1.35. The predicted molar refractivity (Wildman–Crippen MR) is 114 cm³/mol. The predicted octanol–water partition coefficient (Wildman–Crippen LogP) is 1.37. The maximum absolute atomic E-state index is 12.8. The fourth-order valence-corrected chi connectivity index (χ4v) is 6.13. The summed E-state index contributed by atoms with van der Waals surface area (Å²) in [7, 11) is -3.45. The van der Waals surface area contributed by atoms with E-state index in [0.717, 1.165) is 30.2 Å². The molecule has 0 unspecified atom stereocenters. The maximum Gasteiger partial charge on any atom is 0.336 e. The number of fused-ring (bicyclic) bond motifs is 2. The van der Waals surface area contributed by atoms with Crippen LogP contribution in [0.5, 0.6) is 0 Å². The average Bonchev–Trinajstić information content (AvgIpc) is 3.21. The van der Waals surface area contributed by atoms with E-state index in [1.165, 1.54) is 16.0 Å². The number of piperazine rings is 1. The zero-order valence-corrected chi connectivity index (χ0v) is 17.6. The lowest BCUT2D eigenvalue weighted by atomic mass is 10.0. The molecule has 1 N–H and O–H groups in total. The van der Waals surface area contributed by atoms with E-state index in [-0.39, 0.29) is 5.63 Å². The van der Waals surface area contributed by atoms with Crippen molar-refractivity contribution in [1.29, 1.82) is 0 Å². The molecule has 6 nitrogen and oxygen atoms in total. The first kappa shape index (κ1) is 19.5. The van der Waals surface area contributed by atoms with Crippen LogP contribution in [0.4, 0.5) is 0 Å². The van der Waals surface area contributed by atoms with Gasteiger partial charge in [-0.25, -0.2) is 13.2 Å². The molecule has 0 bridgehead atoms. The molecule has 2 aliphatic rings. The van der Waals surface area contributed by atoms with Gasteiger partial charge in [-0.15, -0.1) is 0 Å². The number of hydrogen-bond donors (Lipinski definition) is 1. The summed E-state index contributed by atoms with van der Waals surface area (Å²) in [5.74, 6) is 0. The summed E-state index contributed by atoms with van der Waals surface area (Å²) in [4.78, 5) is 13.7. The molecule has 1 aliphatic heterocycles. The van der Waals surface area contributed by atoms with Crippen LogP contribution < -0.4 is 10.5 Å². The summed E-state index contributed by atoms with van der Waals surface area (Å²) < 4.78 is 32.7. The molecule has 156 valence electrons. The van der Waals surface area contributed by atoms with E-state index < -0.39 is 10.0 Å². The van der Waals surface area contributed by atoms with Gasteiger partial charge in [0.2, 0.25) is 10.0 Å². The van der Waals surface area contributed by atoms with E-state index in [4.69, 9.17) is 4.42 Å². The van der Waals surface area contributed by atoms with Gasteiger partial charge in [0.15, 0.2) is 0 Å². The summed E-state index contributed by atoms with van der Waals surface area (Å²) in [6, 6.07) is 14.4. The molecule has 0 spiro atoms. The Morgan fingerprint density at radius 2 is 1.67 bits per heavy atom. The van der Waals surface area contributed by atoms with Crippen LogP contribution in [0.25, 0.3) is 11.0 Å². The zero-order valence-electron chi connectivity index (χ0n) is 16.8. The molecule has 2 heterocycles. The summed E-state index contributed by atoms with van der Waals surface area (Å²) in [6.45, 7) is 3.06. The van der Waals surface area contributed by atoms with Gasteiger partial charge in [0.25, 0.3) is 0 Å². The van der Waals surface area contributed by atoms with E-state index >= 15 is 0 Å². The second-order valence-corrected chi connectivity index (χ2v) is 10.1. The van der Waals surface area contributed by atoms with Crippen LogP contribution >= 0.6 is 0 Å². The molecular weight excluding hydrogens is 400 g/mol. The number of hydrogen-bond acceptors (Lipinski definition) is 4. The SMILES string of the molecule is O=c1cc(C[NH+]2CCN(S(=O)(=O)c3ccccc3)CC2)c2cc3c(cc2o1)CCC3. The van der Waals surface area contributed by atoms with Crippen LogP contribution in [0.15, 0.2) is 62.6 Å². The molecule has 7 heteroatoms. The molecular formula is C23H25N2O4S+. The van der Waals surface area contributed by atoms with Crippen molar-refractivity contribution >= 4 is 21.0 Å². The van der Waals surface area contributed by atoms with Crippen LogP contribution in [0.3, 0.4) is 0 Å². The van der Waals surface area contributed by atoms with E-state index in [1.54, 1.807) is 34.6 Å². The summed E-state index contributed by atoms with van der Waals surface area (Å²) in [5.41, 5.74) is 3.98. The lowest BCUT2D eigenvalue weighted by molar-refractivity contribution is -0.917. The van der Waals surface area contributed by atoms with Crippen molar-refractivity contribution in [3.05, 3.63) is 75.6 Å². The van der Waals surface area contributed by atoms with Gasteiger partial charge in [-0.05, 0) is 54.7 Å². The van der Waals surface area contributed by atoms with E-state index in [2.05, 4.69) is 6.07 Å². The highest BCUT2D eigenvalue weighted by Gasteiger charge is 2.30. The molecule has 0 amide bonds. The van der Waals surface area contributed by atoms with Gasteiger partial charge in [-0.1, -0.05) is 18.2 Å². The van der Waals surface area contributed by atoms with Gasteiger partial charge < -0.3 is 9.32 Å². The topological polar surface area (TPSA) is 72.0 Å². The third kappa shape index (κ3) is 3.57. The van der Waals surface area contributed by atoms with Crippen molar-refractivity contribution in [1.82, 2.24) is 4.31 Å². The van der Waals surface area contributed by atoms with Crippen molar-refractivity contribution in [3.8, 4) is 0 Å². The fourth-order valence-electron chi connectivity index (χ4n) is 4.67. The normalized spacial score (nSPS) is 18.0. The first-order valence-electron chi connectivity index (χ1n) is 10.5. The molecule has 1 saturated heterocycles. The second kappa shape index (κ2) is 7.65. The minimum absolute atomic E-state index is 0.319. The molecule has 0 radical (unpaired) electrons. The van der Waals surface area contributed by atoms with Crippen molar-refractivity contribution in [2.75, 3.05) is 26.2 Å². The van der Waals surface area contributed by atoms with Gasteiger partial charge in [0.05, 0.1) is 31.1 Å². The van der Waals surface area contributed by atoms with Crippen LogP contribution in [-0.4, -0.2) is 38.9 Å². The van der Waals surface area contributed by atoms with Gasteiger partial charge in [0.1, 0.15) is 12.1 Å². The lowest BCUT2D eigenvalue weighted by Crippen LogP contribution is -3.13. The van der Waals surface area contributed by atoms with E-state index in [1.807, 2.05) is 12.1 Å². The summed E-state index contributed by atoms with van der Waals surface area (Å²) in [5, 5.41) is 1.02. The molecule has 1 aromatic heterocycles. The largest absolute Gasteiger partial charge is 0.423 e. The number of rotatable bonds is 4. The zero-order chi connectivity index (χ0) is 20.7. The van der Waals surface area contributed by atoms with Crippen LogP contribution in [0, 0.1) is 0 Å². The molecule has 1 aliphatic carbocycles. The van der Waals surface area contributed by atoms with E-state index in [9.17, 15) is 13.2 Å². The Kier molecular flexibility index (Phi) is 4.97. The first-order valence-corrected chi connectivity index (χ1v) is 11.9. The number of nitrogens with zero attached hydrogens (tertiary/aromatic N) is 1. The quantitative estimate of drug-likeness (QED) is 0.641. The molecule has 2 aromatic carbocycles. The molecule has 0 saturated carbocycles. The lowest BCUT2D eigenvalue weighted by Gasteiger charge is -2.31. The van der Waals surface area contributed by atoms with Crippen LogP contribution in [0.1, 0.15) is 23.1 Å². The van der Waals surface area contributed by atoms with Gasteiger partial charge in [0, 0.05) is 17.0 Å². The Morgan fingerprint density at radius 1 is 0.967 bits per heavy atom. The average molecular weight is 426 g/mol. The molecule has 0 atom stereocenters. The van der Waals surface area contributed by atoms with Crippen molar-refractivity contribution in [3.63, 3.8) is 0 Å². The molecule has 5 rings (SSSR count). The Bertz CT molecular complexity index is 1240. The number of benzene rings is 2. The minimum atomic E-state index is -3.45. The Labute approximate surface area is 175 Å². The first-order chi connectivity index (χ1) is 14.5. The van der Waals surface area contributed by atoms with Crippen molar-refractivity contribution < 1.29 is 17.7 Å². The smallest absolute Gasteiger partial charge is 0.336 e. The summed E-state index contributed by atoms with van der Waals surface area (Å²) in [6.07, 6.45) is 3.27. The highest BCUT2D eigenvalue weighted by atomic mass is 32.2. The number of nitrogens with one attached hydrogen (secondary N) is 1. The number of quaternary nitrogens is 1. The van der Waals surface area contributed by atoms with Gasteiger partial charge >= 0.3 is 5.63 Å². The Hall–Kier alpha value is -2.48. The highest BCUT2D eigenvalue weighted by molar-refractivity contribution is 7.89. The monoisotopic (exact) mass is 425 g/mol. The molecule has 1 fully saturated rings. The number of aryl methyl sites for hydroxylation is 2. The minimum Gasteiger partial charge on any atom is -0.423 e. The van der Waals surface area contributed by atoms with Gasteiger partial charge in [-0.2, -0.15) is 4.31 Å². The van der Waals surface area contributed by atoms with Gasteiger partial charge in [-0.3, -0.25) is 0 Å². The standard InChI is InChI=1S/C23H24N2O4S/c26-23-15-19(21-13-17-5-4-6-18(17)14-22(21)29-23)16-24-9-11-25(12-10-24)30(27,28)20-7-2-1-3-8-20/h1-3,7-8,13-15H,4-6,9-12,16H2/p+1. The molecule has 30 heavy (non-hydrogen) atoms. The van der Waals surface area contributed by atoms with Crippen molar-refractivity contribution in [2.45, 2.75) is 30.7 Å². The molecule has 3 aromatic rings. The third-order valence-corrected chi connectivity index (χ3v) is 8.21. The second-order valence-electron chi connectivity index (χ2n) is 8.21. The fraction of sp³-hybridized carbons (Fsp3) is 0.348. The highest BCUT2D eigenvalue weighted by Crippen LogP contribution is 2.28.